The first-order chi connectivity index (χ1) is 17.8. The van der Waals surface area contributed by atoms with Crippen LogP contribution in [0.1, 0.15) is 27.0 Å². The summed E-state index contributed by atoms with van der Waals surface area (Å²) in [5.41, 5.74) is 2.76. The SMILES string of the molecule is Cc1ccn2c(NCc3ccccc3)c(-c3ccccc3OC(=O)c3cccc(C(F)(F)F)c3)nc2c1. The molecule has 5 nitrogen and oxygen atoms in total. The quantitative estimate of drug-likeness (QED) is 0.198. The molecule has 0 spiro atoms. The Kier molecular flexibility index (Phi) is 6.40. The minimum absolute atomic E-state index is 0.188. The number of esters is 1. The highest BCUT2D eigenvalue weighted by Gasteiger charge is 2.31. The molecule has 37 heavy (non-hydrogen) atoms. The van der Waals surface area contributed by atoms with Crippen LogP contribution in [0.4, 0.5) is 19.0 Å². The normalized spacial score (nSPS) is 11.5. The zero-order valence-corrected chi connectivity index (χ0v) is 19.8. The minimum atomic E-state index is -4.57. The van der Waals surface area contributed by atoms with Gasteiger partial charge in [0.2, 0.25) is 0 Å². The molecular weight excluding hydrogens is 479 g/mol. The monoisotopic (exact) mass is 501 g/mol. The molecule has 0 bridgehead atoms. The van der Waals surface area contributed by atoms with E-state index in [4.69, 9.17) is 9.72 Å². The van der Waals surface area contributed by atoms with Gasteiger partial charge in [-0.15, -0.1) is 0 Å². The maximum absolute atomic E-state index is 13.1. The molecule has 0 fully saturated rings. The van der Waals surface area contributed by atoms with Crippen LogP contribution >= 0.6 is 0 Å². The summed E-state index contributed by atoms with van der Waals surface area (Å²) in [7, 11) is 0. The number of aryl methyl sites for hydroxylation is 1. The first kappa shape index (κ1) is 24.1. The summed E-state index contributed by atoms with van der Waals surface area (Å²) in [5.74, 6) is -0.00817. The number of rotatable bonds is 6. The predicted molar refractivity (Wildman–Crippen MR) is 136 cm³/mol. The van der Waals surface area contributed by atoms with Crippen LogP contribution in [0, 0.1) is 6.92 Å². The molecule has 0 radical (unpaired) electrons. The number of hydrogen-bond acceptors (Lipinski definition) is 4. The van der Waals surface area contributed by atoms with Crippen molar-refractivity contribution in [3.05, 3.63) is 119 Å². The third-order valence-corrected chi connectivity index (χ3v) is 5.85. The van der Waals surface area contributed by atoms with Crippen molar-refractivity contribution < 1.29 is 22.7 Å². The number of pyridine rings is 1. The number of nitrogens with zero attached hydrogens (tertiary/aromatic N) is 2. The highest BCUT2D eigenvalue weighted by molar-refractivity contribution is 5.93. The van der Waals surface area contributed by atoms with Crippen molar-refractivity contribution >= 4 is 17.4 Å². The van der Waals surface area contributed by atoms with Crippen molar-refractivity contribution in [2.75, 3.05) is 5.32 Å². The number of carbonyl (C=O) groups excluding carboxylic acids is 1. The van der Waals surface area contributed by atoms with Crippen LogP contribution in [0.25, 0.3) is 16.9 Å². The van der Waals surface area contributed by atoms with Crippen LogP contribution in [0.3, 0.4) is 0 Å². The largest absolute Gasteiger partial charge is 0.422 e. The second-order valence-electron chi connectivity index (χ2n) is 8.54. The van der Waals surface area contributed by atoms with Gasteiger partial charge in [0.15, 0.2) is 0 Å². The summed E-state index contributed by atoms with van der Waals surface area (Å²) in [6, 6.07) is 24.8. The van der Waals surface area contributed by atoms with Crippen LogP contribution in [0.15, 0.2) is 97.2 Å². The number of aromatic nitrogens is 2. The number of anilines is 1. The number of fused-ring (bicyclic) bond motifs is 1. The smallest absolute Gasteiger partial charge is 0.416 e. The third kappa shape index (κ3) is 5.18. The number of carbonyl (C=O) groups is 1. The molecule has 0 atom stereocenters. The van der Waals surface area contributed by atoms with Gasteiger partial charge in [-0.05, 0) is 60.5 Å². The highest BCUT2D eigenvalue weighted by Crippen LogP contribution is 2.36. The van der Waals surface area contributed by atoms with Crippen molar-refractivity contribution in [1.29, 1.82) is 0 Å². The first-order valence-corrected chi connectivity index (χ1v) is 11.5. The molecule has 0 amide bonds. The zero-order valence-electron chi connectivity index (χ0n) is 19.8. The molecule has 1 N–H and O–H groups in total. The van der Waals surface area contributed by atoms with Gasteiger partial charge < -0.3 is 10.1 Å². The molecule has 0 saturated heterocycles. The molecule has 0 aliphatic rings. The van der Waals surface area contributed by atoms with Crippen molar-refractivity contribution in [3.8, 4) is 17.0 Å². The predicted octanol–water partition coefficient (Wildman–Crippen LogP) is 7.16. The van der Waals surface area contributed by atoms with Crippen molar-refractivity contribution in [1.82, 2.24) is 9.38 Å². The number of imidazole rings is 1. The zero-order chi connectivity index (χ0) is 26.0. The summed E-state index contributed by atoms with van der Waals surface area (Å²) in [6.45, 7) is 2.50. The van der Waals surface area contributed by atoms with E-state index in [-0.39, 0.29) is 11.3 Å². The lowest BCUT2D eigenvalue weighted by atomic mass is 10.1. The average Bonchev–Trinajstić information content (AvgIpc) is 3.25. The topological polar surface area (TPSA) is 55.6 Å². The van der Waals surface area contributed by atoms with E-state index in [9.17, 15) is 18.0 Å². The lowest BCUT2D eigenvalue weighted by Crippen LogP contribution is -2.12. The molecule has 2 aromatic heterocycles. The van der Waals surface area contributed by atoms with E-state index in [0.717, 1.165) is 23.3 Å². The Bertz CT molecular complexity index is 1580. The van der Waals surface area contributed by atoms with Crippen LogP contribution in [0.2, 0.25) is 0 Å². The van der Waals surface area contributed by atoms with E-state index in [1.54, 1.807) is 24.3 Å². The van der Waals surface area contributed by atoms with E-state index in [1.165, 1.54) is 12.1 Å². The standard InChI is InChI=1S/C29H22F3N3O2/c1-19-14-15-35-25(16-19)34-26(27(35)33-18-20-8-3-2-4-9-20)23-12-5-6-13-24(23)37-28(36)21-10-7-11-22(17-21)29(30,31)32/h2-17,33H,18H2,1H3. The van der Waals surface area contributed by atoms with E-state index in [0.29, 0.717) is 29.3 Å². The maximum atomic E-state index is 13.1. The minimum Gasteiger partial charge on any atom is -0.422 e. The third-order valence-electron chi connectivity index (χ3n) is 5.85. The fraction of sp³-hybridized carbons (Fsp3) is 0.103. The number of alkyl halides is 3. The van der Waals surface area contributed by atoms with Gasteiger partial charge in [-0.1, -0.05) is 48.5 Å². The van der Waals surface area contributed by atoms with Gasteiger partial charge in [0.25, 0.3) is 0 Å². The van der Waals surface area contributed by atoms with Crippen LogP contribution in [-0.4, -0.2) is 15.4 Å². The Labute approximate surface area is 211 Å². The second-order valence-corrected chi connectivity index (χ2v) is 8.54. The van der Waals surface area contributed by atoms with E-state index >= 15 is 0 Å². The van der Waals surface area contributed by atoms with Gasteiger partial charge in [-0.3, -0.25) is 4.40 Å². The molecule has 8 heteroatoms. The molecular formula is C29H22F3N3O2. The lowest BCUT2D eigenvalue weighted by molar-refractivity contribution is -0.137. The molecule has 3 aromatic carbocycles. The summed E-state index contributed by atoms with van der Waals surface area (Å²) in [4.78, 5) is 17.7. The maximum Gasteiger partial charge on any atom is 0.416 e. The second kappa shape index (κ2) is 9.81. The molecule has 0 aliphatic carbocycles. The summed E-state index contributed by atoms with van der Waals surface area (Å²) in [6.07, 6.45) is -2.66. The molecule has 0 saturated carbocycles. The van der Waals surface area contributed by atoms with Gasteiger partial charge in [-0.2, -0.15) is 13.2 Å². The molecule has 2 heterocycles. The molecule has 0 unspecified atom stereocenters. The summed E-state index contributed by atoms with van der Waals surface area (Å²) in [5, 5.41) is 3.44. The number of nitrogens with one attached hydrogen (secondary N) is 1. The molecule has 186 valence electrons. The fourth-order valence-electron chi connectivity index (χ4n) is 4.02. The van der Waals surface area contributed by atoms with E-state index in [1.807, 2.05) is 60.0 Å². The molecule has 5 rings (SSSR count). The Morgan fingerprint density at radius 2 is 1.70 bits per heavy atom. The van der Waals surface area contributed by atoms with Crippen molar-refractivity contribution in [2.24, 2.45) is 0 Å². The summed E-state index contributed by atoms with van der Waals surface area (Å²) >= 11 is 0. The van der Waals surface area contributed by atoms with Crippen molar-refractivity contribution in [3.63, 3.8) is 0 Å². The number of halogens is 3. The van der Waals surface area contributed by atoms with Crippen molar-refractivity contribution in [2.45, 2.75) is 19.6 Å². The van der Waals surface area contributed by atoms with Crippen LogP contribution in [0.5, 0.6) is 5.75 Å². The first-order valence-electron chi connectivity index (χ1n) is 11.5. The molecule has 0 aliphatic heterocycles. The van der Waals surface area contributed by atoms with E-state index in [2.05, 4.69) is 5.32 Å². The van der Waals surface area contributed by atoms with Crippen LogP contribution in [-0.2, 0) is 12.7 Å². The van der Waals surface area contributed by atoms with E-state index < -0.39 is 17.7 Å². The average molecular weight is 502 g/mol. The van der Waals surface area contributed by atoms with Gasteiger partial charge in [0.1, 0.15) is 22.9 Å². The Balaban J connectivity index is 1.53. The van der Waals surface area contributed by atoms with Gasteiger partial charge in [-0.25, -0.2) is 9.78 Å². The Hall–Kier alpha value is -4.59. The van der Waals surface area contributed by atoms with Gasteiger partial charge in [0.05, 0.1) is 11.1 Å². The summed E-state index contributed by atoms with van der Waals surface area (Å²) < 4.78 is 47.0. The van der Waals surface area contributed by atoms with Gasteiger partial charge >= 0.3 is 12.1 Å². The van der Waals surface area contributed by atoms with Crippen LogP contribution < -0.4 is 10.1 Å². The molecule has 5 aromatic rings. The Morgan fingerprint density at radius 1 is 0.946 bits per heavy atom. The Morgan fingerprint density at radius 3 is 2.49 bits per heavy atom. The highest BCUT2D eigenvalue weighted by atomic mass is 19.4. The number of benzene rings is 3. The lowest BCUT2D eigenvalue weighted by Gasteiger charge is -2.13. The van der Waals surface area contributed by atoms with Gasteiger partial charge in [0, 0.05) is 18.3 Å². The number of hydrogen-bond donors (Lipinski definition) is 1. The fourth-order valence-corrected chi connectivity index (χ4v) is 4.02. The number of ether oxygens (including phenoxy) is 1. The number of para-hydroxylation sites is 1.